The average molecular weight is 145 g/mol. The second kappa shape index (κ2) is 6.99. The molecular weight excluding hydrogens is 126 g/mol. The van der Waals surface area contributed by atoms with Gasteiger partial charge in [0.15, 0.2) is 0 Å². The second-order valence-corrected chi connectivity index (χ2v) is 2.54. The maximum atomic E-state index is 5.19. The summed E-state index contributed by atoms with van der Waals surface area (Å²) in [6.07, 6.45) is 3.73. The van der Waals surface area contributed by atoms with E-state index in [1.807, 2.05) is 7.05 Å². The summed E-state index contributed by atoms with van der Waals surface area (Å²) < 4.78 is 0. The molecule has 0 amide bonds. The van der Waals surface area contributed by atoms with Crippen molar-refractivity contribution in [1.82, 2.24) is 10.7 Å². The fourth-order valence-corrected chi connectivity index (χ4v) is 0.941. The summed E-state index contributed by atoms with van der Waals surface area (Å²) in [4.78, 5) is 0. The molecule has 1 atom stereocenters. The van der Waals surface area contributed by atoms with Crippen LogP contribution in [0.25, 0.3) is 0 Å². The standard InChI is InChI=1S/C7H19N3/c1-3-4-5-7(9-2)6-10-8/h7,9-10H,3-6,8H2,1-2H3. The van der Waals surface area contributed by atoms with Gasteiger partial charge in [0.05, 0.1) is 0 Å². The zero-order valence-electron chi connectivity index (χ0n) is 6.98. The topological polar surface area (TPSA) is 50.1 Å². The van der Waals surface area contributed by atoms with Crippen molar-refractivity contribution in [3.8, 4) is 0 Å². The number of hydrogen-bond acceptors (Lipinski definition) is 3. The summed E-state index contributed by atoms with van der Waals surface area (Å²) in [5, 5.41) is 3.20. The number of unbranched alkanes of at least 4 members (excludes halogenated alkanes) is 1. The molecule has 62 valence electrons. The van der Waals surface area contributed by atoms with Crippen LogP contribution in [0.5, 0.6) is 0 Å². The Labute approximate surface area is 63.3 Å². The Morgan fingerprint density at radius 3 is 2.60 bits per heavy atom. The number of hydrogen-bond donors (Lipinski definition) is 3. The lowest BCUT2D eigenvalue weighted by Gasteiger charge is -2.13. The summed E-state index contributed by atoms with van der Waals surface area (Å²) in [6, 6.07) is 0.532. The first kappa shape index (κ1) is 9.88. The molecule has 0 saturated heterocycles. The van der Waals surface area contributed by atoms with Gasteiger partial charge in [-0.3, -0.25) is 11.3 Å². The minimum atomic E-state index is 0.532. The first-order valence-electron chi connectivity index (χ1n) is 3.95. The number of nitrogens with two attached hydrogens (primary N) is 1. The van der Waals surface area contributed by atoms with Gasteiger partial charge in [0.2, 0.25) is 0 Å². The predicted octanol–water partition coefficient (Wildman–Crippen LogP) is 0.228. The van der Waals surface area contributed by atoms with Gasteiger partial charge in [0, 0.05) is 12.6 Å². The van der Waals surface area contributed by atoms with Crippen molar-refractivity contribution < 1.29 is 0 Å². The summed E-state index contributed by atoms with van der Waals surface area (Å²) in [5.41, 5.74) is 2.67. The van der Waals surface area contributed by atoms with Crippen LogP contribution in [-0.4, -0.2) is 19.6 Å². The molecule has 0 spiro atoms. The van der Waals surface area contributed by atoms with Crippen molar-refractivity contribution in [3.63, 3.8) is 0 Å². The monoisotopic (exact) mass is 145 g/mol. The van der Waals surface area contributed by atoms with Crippen LogP contribution in [0, 0.1) is 0 Å². The van der Waals surface area contributed by atoms with Gasteiger partial charge < -0.3 is 5.32 Å². The lowest BCUT2D eigenvalue weighted by atomic mass is 10.1. The third-order valence-corrected chi connectivity index (χ3v) is 1.68. The van der Waals surface area contributed by atoms with Crippen molar-refractivity contribution in [3.05, 3.63) is 0 Å². The fourth-order valence-electron chi connectivity index (χ4n) is 0.941. The molecular formula is C7H19N3. The van der Waals surface area contributed by atoms with Crippen molar-refractivity contribution in [2.45, 2.75) is 32.2 Å². The van der Waals surface area contributed by atoms with E-state index >= 15 is 0 Å². The van der Waals surface area contributed by atoms with Crippen molar-refractivity contribution in [2.75, 3.05) is 13.6 Å². The minimum absolute atomic E-state index is 0.532. The zero-order chi connectivity index (χ0) is 7.82. The Bertz CT molecular complexity index is 65.9. The van der Waals surface area contributed by atoms with Crippen LogP contribution in [0.3, 0.4) is 0 Å². The first-order valence-corrected chi connectivity index (χ1v) is 3.95. The number of nitrogens with one attached hydrogen (secondary N) is 2. The zero-order valence-corrected chi connectivity index (χ0v) is 6.98. The molecule has 0 aromatic carbocycles. The maximum absolute atomic E-state index is 5.19. The Balaban J connectivity index is 3.21. The lowest BCUT2D eigenvalue weighted by Crippen LogP contribution is -2.39. The van der Waals surface area contributed by atoms with Gasteiger partial charge in [-0.05, 0) is 13.5 Å². The van der Waals surface area contributed by atoms with E-state index in [4.69, 9.17) is 5.84 Å². The van der Waals surface area contributed by atoms with E-state index in [1.54, 1.807) is 0 Å². The first-order chi connectivity index (χ1) is 4.85. The van der Waals surface area contributed by atoms with Crippen LogP contribution in [0.4, 0.5) is 0 Å². The van der Waals surface area contributed by atoms with E-state index in [2.05, 4.69) is 17.7 Å². The molecule has 3 nitrogen and oxygen atoms in total. The molecule has 0 aromatic heterocycles. The van der Waals surface area contributed by atoms with Gasteiger partial charge in [-0.25, -0.2) is 0 Å². The third kappa shape index (κ3) is 4.73. The summed E-state index contributed by atoms with van der Waals surface area (Å²) in [7, 11) is 1.97. The molecule has 10 heavy (non-hydrogen) atoms. The summed E-state index contributed by atoms with van der Waals surface area (Å²) >= 11 is 0. The van der Waals surface area contributed by atoms with Crippen molar-refractivity contribution >= 4 is 0 Å². The number of likely N-dealkylation sites (N-methyl/N-ethyl adjacent to an activating group) is 1. The van der Waals surface area contributed by atoms with Crippen molar-refractivity contribution in [2.24, 2.45) is 5.84 Å². The highest BCUT2D eigenvalue weighted by Gasteiger charge is 2.01. The molecule has 0 radical (unpaired) electrons. The van der Waals surface area contributed by atoms with E-state index in [0.717, 1.165) is 6.54 Å². The SMILES string of the molecule is CCCCC(CNN)NC. The third-order valence-electron chi connectivity index (χ3n) is 1.68. The Morgan fingerprint density at radius 1 is 1.50 bits per heavy atom. The Hall–Kier alpha value is -0.120. The van der Waals surface area contributed by atoms with E-state index < -0.39 is 0 Å². The molecule has 0 aliphatic carbocycles. The molecule has 0 bridgehead atoms. The Kier molecular flexibility index (Phi) is 6.91. The molecule has 0 aromatic rings. The average Bonchev–Trinajstić information content (AvgIpc) is 1.98. The summed E-state index contributed by atoms with van der Waals surface area (Å²) in [6.45, 7) is 3.05. The van der Waals surface area contributed by atoms with Crippen LogP contribution in [0.2, 0.25) is 0 Å². The lowest BCUT2D eigenvalue weighted by molar-refractivity contribution is 0.471. The largest absolute Gasteiger partial charge is 0.316 e. The highest BCUT2D eigenvalue weighted by molar-refractivity contribution is 4.64. The van der Waals surface area contributed by atoms with Gasteiger partial charge in [-0.1, -0.05) is 19.8 Å². The van der Waals surface area contributed by atoms with Gasteiger partial charge in [-0.15, -0.1) is 0 Å². The maximum Gasteiger partial charge on any atom is 0.0251 e. The summed E-state index contributed by atoms with van der Waals surface area (Å²) in [5.74, 6) is 5.19. The molecule has 0 aliphatic heterocycles. The fraction of sp³-hybridized carbons (Fsp3) is 1.00. The molecule has 0 aliphatic rings. The molecule has 0 saturated carbocycles. The molecule has 1 unspecified atom stereocenters. The molecule has 3 heteroatoms. The molecule has 0 rings (SSSR count). The quantitative estimate of drug-likeness (QED) is 0.370. The van der Waals surface area contributed by atoms with E-state index in [1.165, 1.54) is 19.3 Å². The molecule has 4 N–H and O–H groups in total. The van der Waals surface area contributed by atoms with Crippen LogP contribution < -0.4 is 16.6 Å². The highest BCUT2D eigenvalue weighted by Crippen LogP contribution is 1.97. The Morgan fingerprint density at radius 2 is 2.20 bits per heavy atom. The normalized spacial score (nSPS) is 13.5. The predicted molar refractivity (Wildman–Crippen MR) is 44.6 cm³/mol. The minimum Gasteiger partial charge on any atom is -0.316 e. The number of hydrazine groups is 1. The van der Waals surface area contributed by atoms with E-state index in [9.17, 15) is 0 Å². The highest BCUT2D eigenvalue weighted by atomic mass is 15.2. The van der Waals surface area contributed by atoms with Crippen LogP contribution in [-0.2, 0) is 0 Å². The van der Waals surface area contributed by atoms with E-state index in [-0.39, 0.29) is 0 Å². The smallest absolute Gasteiger partial charge is 0.0251 e. The van der Waals surface area contributed by atoms with Gasteiger partial charge >= 0.3 is 0 Å². The van der Waals surface area contributed by atoms with Crippen molar-refractivity contribution in [1.29, 1.82) is 0 Å². The molecule has 0 heterocycles. The van der Waals surface area contributed by atoms with E-state index in [0.29, 0.717) is 6.04 Å². The molecule has 0 fully saturated rings. The van der Waals surface area contributed by atoms with Gasteiger partial charge in [-0.2, -0.15) is 0 Å². The van der Waals surface area contributed by atoms with Gasteiger partial charge in [0.25, 0.3) is 0 Å². The van der Waals surface area contributed by atoms with Crippen LogP contribution in [0.15, 0.2) is 0 Å². The van der Waals surface area contributed by atoms with Crippen LogP contribution in [0.1, 0.15) is 26.2 Å². The number of rotatable bonds is 6. The second-order valence-electron chi connectivity index (χ2n) is 2.54. The van der Waals surface area contributed by atoms with Crippen LogP contribution >= 0.6 is 0 Å². The van der Waals surface area contributed by atoms with Gasteiger partial charge in [0.1, 0.15) is 0 Å².